The SMILES string of the molecule is COc1c(C(=O)N[C@H]2CCOC[C@@H]2O)cc(Cc2ccc(Cl)nc2)c2ccccc12. The summed E-state index contributed by atoms with van der Waals surface area (Å²) in [5.41, 5.74) is 2.40. The number of nitrogens with one attached hydrogen (secondary N) is 1. The number of nitrogens with zero attached hydrogens (tertiary/aromatic N) is 1. The Hall–Kier alpha value is -2.67. The molecule has 2 N–H and O–H groups in total. The predicted molar refractivity (Wildman–Crippen MR) is 115 cm³/mol. The molecule has 1 fully saturated rings. The number of aliphatic hydroxyl groups excluding tert-OH is 1. The highest BCUT2D eigenvalue weighted by Crippen LogP contribution is 2.34. The highest BCUT2D eigenvalue weighted by atomic mass is 35.5. The lowest BCUT2D eigenvalue weighted by atomic mass is 9.94. The van der Waals surface area contributed by atoms with Crippen molar-refractivity contribution in [2.24, 2.45) is 0 Å². The molecule has 6 nitrogen and oxygen atoms in total. The molecule has 0 saturated carbocycles. The molecule has 30 heavy (non-hydrogen) atoms. The van der Waals surface area contributed by atoms with E-state index in [1.165, 1.54) is 0 Å². The summed E-state index contributed by atoms with van der Waals surface area (Å²) in [5, 5.41) is 15.4. The van der Waals surface area contributed by atoms with Gasteiger partial charge in [-0.05, 0) is 41.5 Å². The van der Waals surface area contributed by atoms with E-state index in [0.717, 1.165) is 21.9 Å². The van der Waals surface area contributed by atoms with Crippen LogP contribution in [-0.4, -0.2) is 48.5 Å². The first-order chi connectivity index (χ1) is 14.6. The number of ether oxygens (including phenoxy) is 2. The third-order valence-corrected chi connectivity index (χ3v) is 5.58. The maximum absolute atomic E-state index is 13.2. The second kappa shape index (κ2) is 9.00. The standard InChI is InChI=1S/C23H23ClN2O4/c1-29-22-17-5-3-2-4-16(17)15(10-14-6-7-21(24)25-12-14)11-18(22)23(28)26-19-8-9-30-13-20(19)27/h2-7,11-12,19-20,27H,8-10,13H2,1H3,(H,26,28)/t19-,20-/m0/s1. The molecule has 7 heteroatoms. The summed E-state index contributed by atoms with van der Waals surface area (Å²) < 4.78 is 10.9. The lowest BCUT2D eigenvalue weighted by molar-refractivity contribution is -0.0261. The quantitative estimate of drug-likeness (QED) is 0.611. The summed E-state index contributed by atoms with van der Waals surface area (Å²) >= 11 is 5.91. The monoisotopic (exact) mass is 426 g/mol. The molecular formula is C23H23ClN2O4. The van der Waals surface area contributed by atoms with E-state index in [4.69, 9.17) is 21.1 Å². The van der Waals surface area contributed by atoms with Crippen LogP contribution in [0.15, 0.2) is 48.7 Å². The van der Waals surface area contributed by atoms with Crippen LogP contribution in [-0.2, 0) is 11.2 Å². The molecule has 0 bridgehead atoms. The van der Waals surface area contributed by atoms with Crippen molar-refractivity contribution >= 4 is 28.3 Å². The van der Waals surface area contributed by atoms with Gasteiger partial charge >= 0.3 is 0 Å². The van der Waals surface area contributed by atoms with Crippen molar-refractivity contribution in [3.8, 4) is 5.75 Å². The third kappa shape index (κ3) is 4.26. The molecule has 3 aromatic rings. The molecule has 0 spiro atoms. The minimum absolute atomic E-state index is 0.217. The average molecular weight is 427 g/mol. The zero-order chi connectivity index (χ0) is 21.1. The number of methoxy groups -OCH3 is 1. The summed E-state index contributed by atoms with van der Waals surface area (Å²) in [6.07, 6.45) is 2.16. The van der Waals surface area contributed by atoms with Crippen molar-refractivity contribution < 1.29 is 19.4 Å². The Kier molecular flexibility index (Phi) is 6.18. The molecule has 0 unspecified atom stereocenters. The number of rotatable bonds is 5. The van der Waals surface area contributed by atoms with Gasteiger partial charge in [0, 0.05) is 18.2 Å². The molecule has 0 radical (unpaired) electrons. The number of carbonyl (C=O) groups is 1. The Morgan fingerprint density at radius 2 is 2.10 bits per heavy atom. The summed E-state index contributed by atoms with van der Waals surface area (Å²) in [6.45, 7) is 0.723. The Bertz CT molecular complexity index is 1060. The lowest BCUT2D eigenvalue weighted by Gasteiger charge is -2.28. The number of fused-ring (bicyclic) bond motifs is 1. The van der Waals surface area contributed by atoms with Crippen molar-refractivity contribution in [2.75, 3.05) is 20.3 Å². The first kappa shape index (κ1) is 20.6. The zero-order valence-electron chi connectivity index (χ0n) is 16.6. The fourth-order valence-electron chi connectivity index (χ4n) is 3.83. The van der Waals surface area contributed by atoms with Crippen molar-refractivity contribution in [3.63, 3.8) is 0 Å². The van der Waals surface area contributed by atoms with Crippen LogP contribution in [0.3, 0.4) is 0 Å². The first-order valence-corrected chi connectivity index (χ1v) is 10.2. The van der Waals surface area contributed by atoms with Crippen LogP contribution in [0.4, 0.5) is 0 Å². The van der Waals surface area contributed by atoms with E-state index in [9.17, 15) is 9.90 Å². The fourth-order valence-corrected chi connectivity index (χ4v) is 3.94. The maximum Gasteiger partial charge on any atom is 0.255 e. The number of hydrogen-bond donors (Lipinski definition) is 2. The van der Waals surface area contributed by atoms with Gasteiger partial charge in [0.15, 0.2) is 0 Å². The van der Waals surface area contributed by atoms with Crippen molar-refractivity contribution in [2.45, 2.75) is 25.0 Å². The van der Waals surface area contributed by atoms with Gasteiger partial charge < -0.3 is 19.9 Å². The second-order valence-corrected chi connectivity index (χ2v) is 7.73. The molecule has 1 aliphatic rings. The number of aromatic nitrogens is 1. The Morgan fingerprint density at radius 1 is 1.30 bits per heavy atom. The Labute approximate surface area is 179 Å². The molecule has 2 atom stereocenters. The molecule has 156 valence electrons. The van der Waals surface area contributed by atoms with E-state index >= 15 is 0 Å². The Balaban J connectivity index is 1.74. The lowest BCUT2D eigenvalue weighted by Crippen LogP contribution is -2.48. The number of hydrogen-bond acceptors (Lipinski definition) is 5. The molecule has 4 rings (SSSR count). The van der Waals surface area contributed by atoms with E-state index < -0.39 is 6.10 Å². The largest absolute Gasteiger partial charge is 0.495 e. The molecule has 2 aromatic carbocycles. The number of aliphatic hydroxyl groups is 1. The number of halogens is 1. The smallest absolute Gasteiger partial charge is 0.255 e. The number of amides is 1. The van der Waals surface area contributed by atoms with Crippen LogP contribution in [0, 0.1) is 0 Å². The van der Waals surface area contributed by atoms with Crippen LogP contribution < -0.4 is 10.1 Å². The van der Waals surface area contributed by atoms with Crippen LogP contribution in [0.1, 0.15) is 27.9 Å². The summed E-state index contributed by atoms with van der Waals surface area (Å²) in [4.78, 5) is 17.3. The van der Waals surface area contributed by atoms with Crippen LogP contribution in [0.2, 0.25) is 5.15 Å². The minimum Gasteiger partial charge on any atom is -0.495 e. The normalized spacial score (nSPS) is 18.9. The zero-order valence-corrected chi connectivity index (χ0v) is 17.4. The van der Waals surface area contributed by atoms with Crippen molar-refractivity contribution in [1.29, 1.82) is 0 Å². The van der Waals surface area contributed by atoms with Gasteiger partial charge in [-0.1, -0.05) is 41.9 Å². The Morgan fingerprint density at radius 3 is 2.80 bits per heavy atom. The van der Waals surface area contributed by atoms with Gasteiger partial charge in [0.1, 0.15) is 10.9 Å². The first-order valence-electron chi connectivity index (χ1n) is 9.82. The molecule has 2 heterocycles. The third-order valence-electron chi connectivity index (χ3n) is 5.36. The summed E-state index contributed by atoms with van der Waals surface area (Å²) in [7, 11) is 1.56. The predicted octanol–water partition coefficient (Wildman–Crippen LogP) is 3.37. The summed E-state index contributed by atoms with van der Waals surface area (Å²) in [6, 6.07) is 13.0. The molecule has 1 amide bonds. The van der Waals surface area contributed by atoms with Gasteiger partial charge in [0.05, 0.1) is 31.4 Å². The van der Waals surface area contributed by atoms with Gasteiger partial charge in [-0.3, -0.25) is 4.79 Å². The number of carbonyl (C=O) groups excluding carboxylic acids is 1. The topological polar surface area (TPSA) is 80.7 Å². The van der Waals surface area contributed by atoms with Gasteiger partial charge in [-0.2, -0.15) is 0 Å². The minimum atomic E-state index is -0.728. The van der Waals surface area contributed by atoms with Crippen molar-refractivity contribution in [3.05, 3.63) is 70.5 Å². The van der Waals surface area contributed by atoms with E-state index in [-0.39, 0.29) is 18.6 Å². The fraction of sp³-hybridized carbons (Fsp3) is 0.304. The van der Waals surface area contributed by atoms with E-state index in [1.807, 2.05) is 36.4 Å². The number of pyridine rings is 1. The van der Waals surface area contributed by atoms with E-state index in [1.54, 1.807) is 19.4 Å². The second-order valence-electron chi connectivity index (χ2n) is 7.34. The van der Waals surface area contributed by atoms with E-state index in [2.05, 4.69) is 10.3 Å². The summed E-state index contributed by atoms with van der Waals surface area (Å²) in [5.74, 6) is 0.238. The van der Waals surface area contributed by atoms with Gasteiger partial charge in [-0.15, -0.1) is 0 Å². The number of benzene rings is 2. The molecule has 1 aliphatic heterocycles. The van der Waals surface area contributed by atoms with E-state index in [0.29, 0.717) is 35.9 Å². The highest BCUT2D eigenvalue weighted by Gasteiger charge is 2.27. The maximum atomic E-state index is 13.2. The van der Waals surface area contributed by atoms with Gasteiger partial charge in [0.25, 0.3) is 5.91 Å². The average Bonchev–Trinajstić information content (AvgIpc) is 2.76. The van der Waals surface area contributed by atoms with Crippen LogP contribution in [0.5, 0.6) is 5.75 Å². The van der Waals surface area contributed by atoms with Crippen molar-refractivity contribution in [1.82, 2.24) is 10.3 Å². The molecule has 1 saturated heterocycles. The highest BCUT2D eigenvalue weighted by molar-refractivity contribution is 6.29. The van der Waals surface area contributed by atoms with Crippen LogP contribution >= 0.6 is 11.6 Å². The van der Waals surface area contributed by atoms with Gasteiger partial charge in [0.2, 0.25) is 0 Å². The van der Waals surface area contributed by atoms with Crippen LogP contribution in [0.25, 0.3) is 10.8 Å². The van der Waals surface area contributed by atoms with Gasteiger partial charge in [-0.25, -0.2) is 4.98 Å². The molecular weight excluding hydrogens is 404 g/mol. The molecule has 1 aromatic heterocycles. The molecule has 0 aliphatic carbocycles.